The highest BCUT2D eigenvalue weighted by Crippen LogP contribution is 2.49. The summed E-state index contributed by atoms with van der Waals surface area (Å²) < 4.78 is 2.32. The fourth-order valence-corrected chi connectivity index (χ4v) is 4.82. The van der Waals surface area contributed by atoms with E-state index in [0.717, 1.165) is 0 Å². The predicted molar refractivity (Wildman–Crippen MR) is 115 cm³/mol. The van der Waals surface area contributed by atoms with E-state index in [1.165, 1.54) is 55.7 Å². The Kier molecular flexibility index (Phi) is 3.51. The normalized spacial score (nSPS) is 14.2. The first-order valence-corrected chi connectivity index (χ1v) is 9.89. The van der Waals surface area contributed by atoms with Crippen molar-refractivity contribution in [2.24, 2.45) is 7.05 Å². The highest BCUT2D eigenvalue weighted by molar-refractivity contribution is 5.85. The first kappa shape index (κ1) is 17.1. The number of nitrogens with zero attached hydrogens (tertiary/aromatic N) is 2. The molecule has 0 amide bonds. The van der Waals surface area contributed by atoms with Crippen molar-refractivity contribution >= 4 is 10.9 Å². The van der Waals surface area contributed by atoms with E-state index in [9.17, 15) is 0 Å². The van der Waals surface area contributed by atoms with E-state index in [2.05, 4.69) is 87.8 Å². The molecule has 1 aliphatic carbocycles. The summed E-state index contributed by atoms with van der Waals surface area (Å²) in [5, 5.41) is 1.31. The number of benzene rings is 2. The van der Waals surface area contributed by atoms with Crippen LogP contribution < -0.4 is 4.57 Å². The predicted octanol–water partition coefficient (Wildman–Crippen LogP) is 5.65. The topological polar surface area (TPSA) is 16.8 Å². The summed E-state index contributed by atoms with van der Waals surface area (Å²) in [5.74, 6) is 0. The second-order valence-electron chi connectivity index (χ2n) is 8.52. The van der Waals surface area contributed by atoms with Crippen molar-refractivity contribution in [1.29, 1.82) is 0 Å². The number of pyridine rings is 2. The third kappa shape index (κ3) is 2.21. The summed E-state index contributed by atoms with van der Waals surface area (Å²) in [6, 6.07) is 20.0. The molecule has 1 aliphatic rings. The van der Waals surface area contributed by atoms with Gasteiger partial charge in [-0.3, -0.25) is 4.98 Å². The van der Waals surface area contributed by atoms with E-state index in [4.69, 9.17) is 4.98 Å². The number of aromatic nitrogens is 2. The monoisotopic (exact) mass is 365 g/mol. The summed E-state index contributed by atoms with van der Waals surface area (Å²) in [4.78, 5) is 4.72. The Hall–Kier alpha value is -3.00. The maximum atomic E-state index is 4.72. The fraction of sp³-hybridized carbons (Fsp3) is 0.231. The molecule has 28 heavy (non-hydrogen) atoms. The number of rotatable bonds is 1. The molecule has 0 fully saturated rings. The lowest BCUT2D eigenvalue weighted by molar-refractivity contribution is -0.633. The van der Waals surface area contributed by atoms with E-state index in [0.29, 0.717) is 0 Å². The van der Waals surface area contributed by atoms with Gasteiger partial charge in [0.25, 0.3) is 0 Å². The van der Waals surface area contributed by atoms with E-state index in [-0.39, 0.29) is 5.41 Å². The van der Waals surface area contributed by atoms with Gasteiger partial charge in [0.2, 0.25) is 11.2 Å². The maximum absolute atomic E-state index is 4.72. The third-order valence-corrected chi connectivity index (χ3v) is 6.44. The van der Waals surface area contributed by atoms with Crippen LogP contribution in [0.4, 0.5) is 0 Å². The quantitative estimate of drug-likeness (QED) is 0.398. The molecule has 2 heteroatoms. The van der Waals surface area contributed by atoms with E-state index in [1.807, 2.05) is 12.3 Å². The number of hydrogen-bond donors (Lipinski definition) is 0. The summed E-state index contributed by atoms with van der Waals surface area (Å²) in [5.41, 5.74) is 11.5. The van der Waals surface area contributed by atoms with Crippen LogP contribution in [-0.4, -0.2) is 4.98 Å². The molecule has 5 rings (SSSR count). The van der Waals surface area contributed by atoms with Gasteiger partial charge in [0.05, 0.1) is 5.69 Å². The zero-order chi connectivity index (χ0) is 19.6. The van der Waals surface area contributed by atoms with Crippen LogP contribution in [0.2, 0.25) is 0 Å². The summed E-state index contributed by atoms with van der Waals surface area (Å²) in [6.07, 6.45) is 1.91. The Bertz CT molecular complexity index is 1270. The molecule has 2 nitrogen and oxygen atoms in total. The average Bonchev–Trinajstić information content (AvgIpc) is 2.90. The largest absolute Gasteiger partial charge is 0.260 e. The van der Waals surface area contributed by atoms with Crippen LogP contribution in [0.15, 0.2) is 60.8 Å². The van der Waals surface area contributed by atoms with Crippen LogP contribution in [0.25, 0.3) is 33.3 Å². The first-order valence-electron chi connectivity index (χ1n) is 9.89. The molecule has 138 valence electrons. The van der Waals surface area contributed by atoms with Crippen molar-refractivity contribution < 1.29 is 4.57 Å². The molecule has 0 saturated carbocycles. The van der Waals surface area contributed by atoms with Crippen LogP contribution in [-0.2, 0) is 12.5 Å². The molecule has 0 unspecified atom stereocenters. The highest BCUT2D eigenvalue weighted by Gasteiger charge is 2.37. The van der Waals surface area contributed by atoms with Gasteiger partial charge in [-0.05, 0) is 54.3 Å². The summed E-state index contributed by atoms with van der Waals surface area (Å²) in [6.45, 7) is 8.97. The van der Waals surface area contributed by atoms with Gasteiger partial charge in [-0.1, -0.05) is 38.1 Å². The SMILES string of the molecule is Cc1cc2c(cc1-c1ccc3c(C)cccc3[n+]1C)C(C)(C)c1ncccc1-2. The fourth-order valence-electron chi connectivity index (χ4n) is 4.82. The van der Waals surface area contributed by atoms with Gasteiger partial charge >= 0.3 is 0 Å². The Labute approximate surface area is 166 Å². The van der Waals surface area contributed by atoms with Crippen molar-refractivity contribution in [2.45, 2.75) is 33.1 Å². The molecule has 0 saturated heterocycles. The van der Waals surface area contributed by atoms with Crippen LogP contribution in [0.3, 0.4) is 0 Å². The van der Waals surface area contributed by atoms with Gasteiger partial charge in [0, 0.05) is 40.3 Å². The van der Waals surface area contributed by atoms with Gasteiger partial charge < -0.3 is 0 Å². The van der Waals surface area contributed by atoms with E-state index < -0.39 is 0 Å². The minimum atomic E-state index is -0.0830. The second kappa shape index (κ2) is 5.75. The summed E-state index contributed by atoms with van der Waals surface area (Å²) in [7, 11) is 2.17. The number of aryl methyl sites for hydroxylation is 3. The Morgan fingerprint density at radius 1 is 0.821 bits per heavy atom. The Balaban J connectivity index is 1.78. The van der Waals surface area contributed by atoms with Crippen molar-refractivity contribution in [3.05, 3.63) is 83.2 Å². The molecule has 0 bridgehead atoms. The minimum Gasteiger partial charge on any atom is -0.260 e. The van der Waals surface area contributed by atoms with Gasteiger partial charge in [0.1, 0.15) is 7.05 Å². The lowest BCUT2D eigenvalue weighted by Crippen LogP contribution is -2.32. The lowest BCUT2D eigenvalue weighted by Gasteiger charge is -2.21. The first-order chi connectivity index (χ1) is 13.4. The molecular formula is C26H25N2+. The Morgan fingerprint density at radius 3 is 2.46 bits per heavy atom. The zero-order valence-corrected chi connectivity index (χ0v) is 17.2. The zero-order valence-electron chi connectivity index (χ0n) is 17.2. The van der Waals surface area contributed by atoms with E-state index >= 15 is 0 Å². The minimum absolute atomic E-state index is 0.0830. The van der Waals surface area contributed by atoms with Crippen LogP contribution in [0, 0.1) is 13.8 Å². The van der Waals surface area contributed by atoms with Gasteiger partial charge in [-0.25, -0.2) is 0 Å². The molecule has 0 atom stereocenters. The summed E-state index contributed by atoms with van der Waals surface area (Å²) >= 11 is 0. The molecule has 0 spiro atoms. The molecule has 0 N–H and O–H groups in total. The number of hydrogen-bond acceptors (Lipinski definition) is 1. The van der Waals surface area contributed by atoms with Crippen molar-refractivity contribution in [3.63, 3.8) is 0 Å². The molecule has 0 aliphatic heterocycles. The third-order valence-electron chi connectivity index (χ3n) is 6.44. The van der Waals surface area contributed by atoms with Crippen molar-refractivity contribution in [1.82, 2.24) is 4.98 Å². The maximum Gasteiger partial charge on any atom is 0.213 e. The average molecular weight is 366 g/mol. The molecule has 2 heterocycles. The standard InChI is InChI=1S/C26H25N2/c1-16-8-6-10-23-18(16)11-12-24(28(23)5)20-15-22-21(14-17(20)2)19-9-7-13-27-25(19)26(22,3)4/h6-15H,1-5H3/q+1. The van der Waals surface area contributed by atoms with Crippen molar-refractivity contribution in [3.8, 4) is 22.4 Å². The van der Waals surface area contributed by atoms with Gasteiger partial charge in [-0.2, -0.15) is 4.57 Å². The van der Waals surface area contributed by atoms with Gasteiger partial charge in [0.15, 0.2) is 0 Å². The Morgan fingerprint density at radius 2 is 1.64 bits per heavy atom. The molecule has 2 aromatic carbocycles. The smallest absolute Gasteiger partial charge is 0.213 e. The molecule has 2 aromatic heterocycles. The van der Waals surface area contributed by atoms with E-state index in [1.54, 1.807) is 0 Å². The van der Waals surface area contributed by atoms with Crippen LogP contribution in [0.1, 0.15) is 36.2 Å². The van der Waals surface area contributed by atoms with Gasteiger partial charge in [-0.15, -0.1) is 0 Å². The number of fused-ring (bicyclic) bond motifs is 4. The molecule has 0 radical (unpaired) electrons. The molecule has 4 aromatic rings. The van der Waals surface area contributed by atoms with Crippen molar-refractivity contribution in [2.75, 3.05) is 0 Å². The lowest BCUT2D eigenvalue weighted by atomic mass is 9.83. The highest BCUT2D eigenvalue weighted by atomic mass is 14.9. The van der Waals surface area contributed by atoms with Crippen LogP contribution in [0.5, 0.6) is 0 Å². The second-order valence-corrected chi connectivity index (χ2v) is 8.52. The van der Waals surface area contributed by atoms with Crippen LogP contribution >= 0.6 is 0 Å². The molecular weight excluding hydrogens is 340 g/mol.